The van der Waals surface area contributed by atoms with Gasteiger partial charge in [0.05, 0.1) is 0 Å². The van der Waals surface area contributed by atoms with Crippen molar-refractivity contribution >= 4 is 82.8 Å². The Bertz CT molecular complexity index is 8.75. The Kier molecular flexibility index (Phi) is 571. The van der Waals surface area contributed by atoms with E-state index >= 15 is 0 Å². The Morgan fingerprint density at radius 1 is 0.500 bits per heavy atom. The molecule has 6 N–H and O–H groups in total. The van der Waals surface area contributed by atoms with Crippen LogP contribution < -0.4 is 0 Å². The minimum Gasteiger partial charge on any atom is -0.412 e. The summed E-state index contributed by atoms with van der Waals surface area (Å²) in [5, 5.41) is 0. The third kappa shape index (κ3) is 30.1. The second-order valence-corrected chi connectivity index (χ2v) is 0. The summed E-state index contributed by atoms with van der Waals surface area (Å²) in [6, 6.07) is 0. The van der Waals surface area contributed by atoms with Gasteiger partial charge >= 0.3 is 0 Å². The molecular weight excluding hydrogens is 222 g/mol. The summed E-state index contributed by atoms with van der Waals surface area (Å²) >= 11 is 0. The zero-order chi connectivity index (χ0) is 0. The smallest absolute Gasteiger partial charge is 0 e. The molecule has 0 amide bonds. The molecular formula is H6Na2O3Te. The maximum absolute atomic E-state index is 0. The van der Waals surface area contributed by atoms with Crippen LogP contribution in [0.1, 0.15) is 0 Å². The average molecular weight is 228 g/mol. The molecule has 6 heteroatoms. The van der Waals surface area contributed by atoms with Crippen molar-refractivity contribution in [3.05, 3.63) is 0 Å². The van der Waals surface area contributed by atoms with E-state index in [-0.39, 0.29) is 99.2 Å². The summed E-state index contributed by atoms with van der Waals surface area (Å²) in [4.78, 5) is 0. The molecule has 0 heterocycles. The fourth-order valence-electron chi connectivity index (χ4n) is 0. The van der Waals surface area contributed by atoms with E-state index in [9.17, 15) is 0 Å². The Labute approximate surface area is 97.5 Å². The molecule has 0 spiro atoms. The van der Waals surface area contributed by atoms with E-state index in [4.69, 9.17) is 0 Å². The quantitative estimate of drug-likeness (QED) is 0.382. The third-order valence-electron chi connectivity index (χ3n) is 0. The maximum Gasteiger partial charge on any atom is 0 e. The Hall–Kier alpha value is 2.67. The average Bonchev–Trinajstić information content (AvgIpc) is 0. The standard InChI is InChI=1S/2Na.3H2O.Te/h;;3*1H2;. The number of hydrogen-bond acceptors (Lipinski definition) is 0. The van der Waals surface area contributed by atoms with E-state index in [0.717, 1.165) is 0 Å². The van der Waals surface area contributed by atoms with Crippen molar-refractivity contribution in [2.75, 3.05) is 0 Å². The summed E-state index contributed by atoms with van der Waals surface area (Å²) < 4.78 is 0. The summed E-state index contributed by atoms with van der Waals surface area (Å²) in [7, 11) is 0. The van der Waals surface area contributed by atoms with Crippen LogP contribution >= 0.6 is 0 Å². The van der Waals surface area contributed by atoms with Crippen molar-refractivity contribution in [2.45, 2.75) is 0 Å². The van der Waals surface area contributed by atoms with E-state index in [0.29, 0.717) is 0 Å². The molecule has 0 unspecified atom stereocenters. The van der Waals surface area contributed by atoms with Crippen LogP contribution in [0.25, 0.3) is 0 Å². The van der Waals surface area contributed by atoms with Crippen LogP contribution in [0.15, 0.2) is 0 Å². The van der Waals surface area contributed by atoms with Crippen LogP contribution in [-0.2, 0) is 0 Å². The van der Waals surface area contributed by atoms with E-state index in [1.165, 1.54) is 0 Å². The largest absolute Gasteiger partial charge is 0.412 e. The van der Waals surface area contributed by atoms with E-state index in [2.05, 4.69) is 0 Å². The zero-order valence-electron chi connectivity index (χ0n) is 3.91. The van der Waals surface area contributed by atoms with E-state index < -0.39 is 0 Å². The van der Waals surface area contributed by atoms with Gasteiger partial charge in [0.25, 0.3) is 0 Å². The first kappa shape index (κ1) is 71.6. The summed E-state index contributed by atoms with van der Waals surface area (Å²) in [5.74, 6) is 0. The topological polar surface area (TPSA) is 94.5 Å². The van der Waals surface area contributed by atoms with Crippen molar-refractivity contribution in [1.29, 1.82) is 0 Å². The van der Waals surface area contributed by atoms with Crippen molar-refractivity contribution in [1.82, 2.24) is 0 Å². The molecule has 0 saturated heterocycles. The molecule has 0 aliphatic carbocycles. The monoisotopic (exact) mass is 230 g/mol. The van der Waals surface area contributed by atoms with Gasteiger partial charge in [-0.3, -0.25) is 0 Å². The van der Waals surface area contributed by atoms with Crippen molar-refractivity contribution in [3.63, 3.8) is 0 Å². The van der Waals surface area contributed by atoms with Gasteiger partial charge in [-0.05, 0) is 0 Å². The SMILES string of the molecule is O.O.O.[Na].[Na].[Te]. The third-order valence-corrected chi connectivity index (χ3v) is 0. The molecule has 0 aliphatic heterocycles. The molecule has 32 valence electrons. The van der Waals surface area contributed by atoms with Gasteiger partial charge in [0.2, 0.25) is 0 Å². The van der Waals surface area contributed by atoms with Gasteiger partial charge in [-0.25, -0.2) is 0 Å². The normalized spacial score (nSPS) is 0. The fraction of sp³-hybridized carbons (Fsp3) is 0. The van der Waals surface area contributed by atoms with Crippen LogP contribution in [-0.4, -0.2) is 99.2 Å². The molecule has 0 aromatic heterocycles. The van der Waals surface area contributed by atoms with Gasteiger partial charge < -0.3 is 16.4 Å². The minimum absolute atomic E-state index is 0. The molecule has 0 bridgehead atoms. The second-order valence-electron chi connectivity index (χ2n) is 0. The van der Waals surface area contributed by atoms with Crippen LogP contribution in [0.5, 0.6) is 0 Å². The van der Waals surface area contributed by atoms with Gasteiger partial charge in [-0.15, -0.1) is 0 Å². The Balaban J connectivity index is 0. The molecule has 0 aliphatic rings. The van der Waals surface area contributed by atoms with Crippen LogP contribution in [0, 0.1) is 0 Å². The molecule has 0 saturated carbocycles. The van der Waals surface area contributed by atoms with Crippen molar-refractivity contribution in [3.8, 4) is 0 Å². The Morgan fingerprint density at radius 2 is 0.500 bits per heavy atom. The minimum atomic E-state index is 0. The first-order valence-electron chi connectivity index (χ1n) is 0. The predicted molar refractivity (Wildman–Crippen MR) is 28.1 cm³/mol. The van der Waals surface area contributed by atoms with Gasteiger partial charge in [-0.1, -0.05) is 0 Å². The molecule has 6 heavy (non-hydrogen) atoms. The molecule has 0 atom stereocenters. The molecule has 0 aromatic rings. The molecule has 4 radical (unpaired) electrons. The van der Waals surface area contributed by atoms with Gasteiger partial charge in [0, 0.05) is 82.8 Å². The summed E-state index contributed by atoms with van der Waals surface area (Å²) in [6.07, 6.45) is 0. The van der Waals surface area contributed by atoms with Crippen molar-refractivity contribution in [2.24, 2.45) is 0 Å². The van der Waals surface area contributed by atoms with Crippen LogP contribution in [0.3, 0.4) is 0 Å². The van der Waals surface area contributed by atoms with Crippen LogP contribution in [0.2, 0.25) is 0 Å². The molecule has 0 rings (SSSR count). The molecule has 0 aromatic carbocycles. The second kappa shape index (κ2) is 47.9. The first-order chi connectivity index (χ1) is 0. The summed E-state index contributed by atoms with van der Waals surface area (Å²) in [5.41, 5.74) is 0. The molecule has 3 nitrogen and oxygen atoms in total. The Morgan fingerprint density at radius 3 is 0.500 bits per heavy atom. The zero-order valence-corrected chi connectivity index (χ0v) is 10.2. The first-order valence-corrected chi connectivity index (χ1v) is 0. The molecule has 0 fully saturated rings. The van der Waals surface area contributed by atoms with E-state index in [1.54, 1.807) is 0 Å². The van der Waals surface area contributed by atoms with Gasteiger partial charge in [-0.2, -0.15) is 0 Å². The summed E-state index contributed by atoms with van der Waals surface area (Å²) in [6.45, 7) is 0. The number of rotatable bonds is 0. The van der Waals surface area contributed by atoms with Gasteiger partial charge in [0.1, 0.15) is 0 Å². The van der Waals surface area contributed by atoms with Crippen molar-refractivity contribution < 1.29 is 16.4 Å². The van der Waals surface area contributed by atoms with E-state index in [1.807, 2.05) is 0 Å². The fourth-order valence-corrected chi connectivity index (χ4v) is 0. The number of hydrogen-bond donors (Lipinski definition) is 0. The predicted octanol–water partition coefficient (Wildman–Crippen LogP) is -3.62. The maximum atomic E-state index is 0. The van der Waals surface area contributed by atoms with Crippen LogP contribution in [0.4, 0.5) is 0 Å². The van der Waals surface area contributed by atoms with Gasteiger partial charge in [0.15, 0.2) is 0 Å².